The molecule has 0 aliphatic rings. The summed E-state index contributed by atoms with van der Waals surface area (Å²) in [5.74, 6) is -1.22. The van der Waals surface area contributed by atoms with Gasteiger partial charge < -0.3 is 15.4 Å². The number of rotatable bonds is 6. The highest BCUT2D eigenvalue weighted by Gasteiger charge is 2.25. The van der Waals surface area contributed by atoms with E-state index in [4.69, 9.17) is 0 Å². The number of nitrogens with zero attached hydrogens (tertiary/aromatic N) is 3. The van der Waals surface area contributed by atoms with E-state index in [9.17, 15) is 25.0 Å². The van der Waals surface area contributed by atoms with Crippen molar-refractivity contribution in [3.05, 3.63) is 78.4 Å². The van der Waals surface area contributed by atoms with Crippen molar-refractivity contribution >= 4 is 50.8 Å². The van der Waals surface area contributed by atoms with Crippen molar-refractivity contribution in [1.29, 1.82) is 0 Å². The van der Waals surface area contributed by atoms with Crippen LogP contribution in [-0.2, 0) is 0 Å². The fourth-order valence-corrected chi connectivity index (χ4v) is 3.76. The zero-order valence-corrected chi connectivity index (χ0v) is 17.1. The first-order valence-electron chi connectivity index (χ1n) is 7.98. The predicted molar refractivity (Wildman–Crippen MR) is 109 cm³/mol. The van der Waals surface area contributed by atoms with Crippen LogP contribution in [-0.4, -0.2) is 26.0 Å². The number of halogens is 1. The molecule has 2 N–H and O–H groups in total. The molecule has 0 spiro atoms. The van der Waals surface area contributed by atoms with Gasteiger partial charge in [0.15, 0.2) is 5.69 Å². The Bertz CT molecular complexity index is 1120. The first kappa shape index (κ1) is 20.5. The molecule has 0 aliphatic heterocycles. The fourth-order valence-electron chi connectivity index (χ4n) is 2.34. The summed E-state index contributed by atoms with van der Waals surface area (Å²) in [5, 5.41) is 30.4. The van der Waals surface area contributed by atoms with Crippen molar-refractivity contribution in [1.82, 2.24) is 10.2 Å². The number of aryl methyl sites for hydroxylation is 1. The number of non-ortho nitro benzene ring substituents is 1. The lowest BCUT2D eigenvalue weighted by Crippen LogP contribution is -2.13. The van der Waals surface area contributed by atoms with E-state index in [-0.39, 0.29) is 21.5 Å². The van der Waals surface area contributed by atoms with E-state index < -0.39 is 21.6 Å². The summed E-state index contributed by atoms with van der Waals surface area (Å²) in [6, 6.07) is 11.8. The maximum absolute atomic E-state index is 12.4. The standard InChI is InChI=1S/C17H12BrN5O5S/c1-9-2-4-12(5-3-9)29-13-7-10(6-11(8-13)22(25)26)19-17(24)15-14(18)16(21-20-15)23(27)28/h2-8H,1H3,(H,19,24)(H,20,21). The number of nitro benzene ring substituents is 1. The van der Waals surface area contributed by atoms with Gasteiger partial charge in [0.1, 0.15) is 4.47 Å². The van der Waals surface area contributed by atoms with Gasteiger partial charge in [0.2, 0.25) is 0 Å². The first-order chi connectivity index (χ1) is 13.7. The van der Waals surface area contributed by atoms with E-state index in [1.807, 2.05) is 31.2 Å². The van der Waals surface area contributed by atoms with E-state index in [2.05, 4.69) is 31.4 Å². The molecule has 3 rings (SSSR count). The number of hydrogen-bond acceptors (Lipinski definition) is 7. The van der Waals surface area contributed by atoms with Gasteiger partial charge in [-0.05, 0) is 46.0 Å². The quantitative estimate of drug-likeness (QED) is 0.386. The van der Waals surface area contributed by atoms with Crippen LogP contribution in [0.1, 0.15) is 16.1 Å². The van der Waals surface area contributed by atoms with Crippen LogP contribution in [0.25, 0.3) is 0 Å². The minimum absolute atomic E-state index is 0.111. The summed E-state index contributed by atoms with van der Waals surface area (Å²) in [6.45, 7) is 1.95. The van der Waals surface area contributed by atoms with Gasteiger partial charge in [-0.25, -0.2) is 0 Å². The van der Waals surface area contributed by atoms with Crippen LogP contribution in [0.4, 0.5) is 17.2 Å². The maximum atomic E-state index is 12.4. The second kappa shape index (κ2) is 8.41. The molecule has 148 valence electrons. The number of anilines is 1. The molecule has 0 saturated heterocycles. The van der Waals surface area contributed by atoms with Crippen molar-refractivity contribution in [3.63, 3.8) is 0 Å². The molecule has 1 heterocycles. The first-order valence-corrected chi connectivity index (χ1v) is 9.59. The Labute approximate surface area is 176 Å². The summed E-state index contributed by atoms with van der Waals surface area (Å²) in [4.78, 5) is 34.7. The predicted octanol–water partition coefficient (Wildman–Crippen LogP) is 4.70. The SMILES string of the molecule is Cc1ccc(Sc2cc(NC(=O)c3n[nH]c([N+](=O)[O-])c3Br)cc([N+](=O)[O-])c2)cc1. The third-order valence-electron chi connectivity index (χ3n) is 3.70. The largest absolute Gasteiger partial charge is 0.358 e. The number of nitro groups is 2. The number of H-pyrrole nitrogens is 1. The molecular formula is C17H12BrN5O5S. The molecule has 0 radical (unpaired) electrons. The molecular weight excluding hydrogens is 466 g/mol. The minimum atomic E-state index is -0.756. The summed E-state index contributed by atoms with van der Waals surface area (Å²) in [5.41, 5.74) is 0.803. The van der Waals surface area contributed by atoms with Crippen LogP contribution in [0.15, 0.2) is 56.7 Å². The van der Waals surface area contributed by atoms with Crippen molar-refractivity contribution in [2.45, 2.75) is 16.7 Å². The molecule has 0 fully saturated rings. The van der Waals surface area contributed by atoms with Crippen molar-refractivity contribution < 1.29 is 14.6 Å². The van der Waals surface area contributed by atoms with Gasteiger partial charge in [-0.1, -0.05) is 34.6 Å². The highest BCUT2D eigenvalue weighted by atomic mass is 79.9. The smallest absolute Gasteiger partial charge is 0.357 e. The normalized spacial score (nSPS) is 10.6. The molecule has 2 aromatic carbocycles. The molecule has 0 bridgehead atoms. The lowest BCUT2D eigenvalue weighted by atomic mass is 10.2. The van der Waals surface area contributed by atoms with Crippen LogP contribution in [0.2, 0.25) is 0 Å². The van der Waals surface area contributed by atoms with Gasteiger partial charge in [0.25, 0.3) is 11.6 Å². The van der Waals surface area contributed by atoms with Crippen LogP contribution in [0, 0.1) is 27.2 Å². The van der Waals surface area contributed by atoms with E-state index in [1.54, 1.807) is 6.07 Å². The molecule has 0 saturated carbocycles. The molecule has 1 amide bonds. The topological polar surface area (TPSA) is 144 Å². The average molecular weight is 478 g/mol. The fraction of sp³-hybridized carbons (Fsp3) is 0.0588. The Hall–Kier alpha value is -3.25. The number of hydrogen-bond donors (Lipinski definition) is 2. The van der Waals surface area contributed by atoms with Crippen molar-refractivity contribution in [3.8, 4) is 0 Å². The van der Waals surface area contributed by atoms with E-state index in [0.29, 0.717) is 4.90 Å². The summed E-state index contributed by atoms with van der Waals surface area (Å²) in [7, 11) is 0. The van der Waals surface area contributed by atoms with Crippen LogP contribution < -0.4 is 5.32 Å². The summed E-state index contributed by atoms with van der Waals surface area (Å²) in [6.07, 6.45) is 0. The van der Waals surface area contributed by atoms with Gasteiger partial charge >= 0.3 is 5.82 Å². The van der Waals surface area contributed by atoms with Gasteiger partial charge in [-0.3, -0.25) is 14.9 Å². The number of benzene rings is 2. The zero-order chi connectivity index (χ0) is 21.1. The lowest BCUT2D eigenvalue weighted by Gasteiger charge is -2.07. The van der Waals surface area contributed by atoms with Crippen LogP contribution >= 0.6 is 27.7 Å². The van der Waals surface area contributed by atoms with Gasteiger partial charge in [0.05, 0.1) is 4.92 Å². The molecule has 12 heteroatoms. The maximum Gasteiger partial charge on any atom is 0.357 e. The number of carbonyl (C=O) groups excluding carboxylic acids is 1. The molecule has 3 aromatic rings. The van der Waals surface area contributed by atoms with E-state index in [0.717, 1.165) is 10.5 Å². The summed E-state index contributed by atoms with van der Waals surface area (Å²) >= 11 is 4.26. The third kappa shape index (κ3) is 4.78. The highest BCUT2D eigenvalue weighted by Crippen LogP contribution is 2.33. The molecule has 29 heavy (non-hydrogen) atoms. The second-order valence-corrected chi connectivity index (χ2v) is 7.77. The average Bonchev–Trinajstić information content (AvgIpc) is 3.05. The number of amides is 1. The summed E-state index contributed by atoms with van der Waals surface area (Å²) < 4.78 is -0.111. The number of nitrogens with one attached hydrogen (secondary N) is 2. The number of aromatic nitrogens is 2. The third-order valence-corrected chi connectivity index (χ3v) is 5.43. The van der Waals surface area contributed by atoms with E-state index >= 15 is 0 Å². The van der Waals surface area contributed by atoms with Crippen molar-refractivity contribution in [2.75, 3.05) is 5.32 Å². The Kier molecular flexibility index (Phi) is 5.94. The number of carbonyl (C=O) groups is 1. The number of aromatic amines is 1. The van der Waals surface area contributed by atoms with Crippen LogP contribution in [0.3, 0.4) is 0 Å². The Morgan fingerprint density at radius 2 is 1.79 bits per heavy atom. The van der Waals surface area contributed by atoms with Gasteiger partial charge in [-0.15, -0.1) is 5.10 Å². The van der Waals surface area contributed by atoms with Gasteiger partial charge in [0, 0.05) is 27.6 Å². The van der Waals surface area contributed by atoms with Gasteiger partial charge in [-0.2, -0.15) is 0 Å². The van der Waals surface area contributed by atoms with Crippen LogP contribution in [0.5, 0.6) is 0 Å². The lowest BCUT2D eigenvalue weighted by molar-refractivity contribution is -0.390. The zero-order valence-electron chi connectivity index (χ0n) is 14.7. The molecule has 10 nitrogen and oxygen atoms in total. The molecule has 0 aliphatic carbocycles. The Balaban J connectivity index is 1.89. The minimum Gasteiger partial charge on any atom is -0.358 e. The molecule has 0 unspecified atom stereocenters. The van der Waals surface area contributed by atoms with Crippen molar-refractivity contribution in [2.24, 2.45) is 0 Å². The molecule has 0 atom stereocenters. The second-order valence-electron chi connectivity index (χ2n) is 5.83. The Morgan fingerprint density at radius 3 is 2.38 bits per heavy atom. The molecule has 1 aromatic heterocycles. The monoisotopic (exact) mass is 477 g/mol. The van der Waals surface area contributed by atoms with E-state index in [1.165, 1.54) is 23.9 Å². The highest BCUT2D eigenvalue weighted by molar-refractivity contribution is 9.10. The Morgan fingerprint density at radius 1 is 1.10 bits per heavy atom.